The minimum absolute atomic E-state index is 0.103. The third-order valence-corrected chi connectivity index (χ3v) is 6.31. The number of benzene rings is 1. The maximum atomic E-state index is 13.0. The standard InChI is InChI=1S/C21H23F3N6O2S/c1-13-12-33-20(25-13)26-17(31)11-29-6-8-30(9-7-29)14(2)19-27-18(28-32-19)15-4-3-5-16(10-15)21(22,23)24/h3-5,10,12,14H,6-9,11H2,1-2H3,(H,25,26,31). The number of halogens is 3. The van der Waals surface area contributed by atoms with E-state index in [2.05, 4.69) is 30.2 Å². The van der Waals surface area contributed by atoms with Gasteiger partial charge in [0, 0.05) is 37.1 Å². The molecule has 12 heteroatoms. The first kappa shape index (κ1) is 23.3. The summed E-state index contributed by atoms with van der Waals surface area (Å²) >= 11 is 1.40. The van der Waals surface area contributed by atoms with Crippen LogP contribution in [0.1, 0.15) is 30.1 Å². The summed E-state index contributed by atoms with van der Waals surface area (Å²) in [5, 5.41) is 9.16. The molecule has 8 nitrogen and oxygen atoms in total. The molecule has 1 amide bonds. The Morgan fingerprint density at radius 2 is 2.00 bits per heavy atom. The number of nitrogens with zero attached hydrogens (tertiary/aromatic N) is 5. The van der Waals surface area contributed by atoms with Gasteiger partial charge in [-0.05, 0) is 26.0 Å². The Hall–Kier alpha value is -2.83. The molecule has 4 rings (SSSR count). The molecule has 1 saturated heterocycles. The van der Waals surface area contributed by atoms with Crippen LogP contribution in [0.2, 0.25) is 0 Å². The lowest BCUT2D eigenvalue weighted by Gasteiger charge is -2.36. The minimum atomic E-state index is -4.44. The number of hydrogen-bond acceptors (Lipinski definition) is 8. The second kappa shape index (κ2) is 9.57. The molecule has 0 saturated carbocycles. The molecular weight excluding hydrogens is 457 g/mol. The van der Waals surface area contributed by atoms with Crippen molar-refractivity contribution in [3.63, 3.8) is 0 Å². The third kappa shape index (κ3) is 5.75. The number of anilines is 1. The Bertz CT molecular complexity index is 1110. The van der Waals surface area contributed by atoms with Crippen molar-refractivity contribution < 1.29 is 22.5 Å². The lowest BCUT2D eigenvalue weighted by Crippen LogP contribution is -2.49. The van der Waals surface area contributed by atoms with Gasteiger partial charge in [0.1, 0.15) is 0 Å². The Morgan fingerprint density at radius 3 is 2.67 bits per heavy atom. The molecular formula is C21H23F3N6O2S. The maximum Gasteiger partial charge on any atom is 0.416 e. The molecule has 1 N–H and O–H groups in total. The third-order valence-electron chi connectivity index (χ3n) is 5.43. The highest BCUT2D eigenvalue weighted by Crippen LogP contribution is 2.32. The highest BCUT2D eigenvalue weighted by molar-refractivity contribution is 7.13. The van der Waals surface area contributed by atoms with Crippen molar-refractivity contribution in [3.8, 4) is 11.4 Å². The van der Waals surface area contributed by atoms with Crippen LogP contribution in [0.4, 0.5) is 18.3 Å². The SMILES string of the molecule is Cc1csc(NC(=O)CN2CCN(C(C)c3nc(-c4cccc(C(F)(F)F)c4)no3)CC2)n1. The summed E-state index contributed by atoms with van der Waals surface area (Å²) < 4.78 is 44.3. The molecule has 0 spiro atoms. The summed E-state index contributed by atoms with van der Waals surface area (Å²) in [7, 11) is 0. The number of alkyl halides is 3. The Morgan fingerprint density at radius 1 is 1.24 bits per heavy atom. The van der Waals surface area contributed by atoms with Crippen LogP contribution in [-0.4, -0.2) is 63.6 Å². The lowest BCUT2D eigenvalue weighted by atomic mass is 10.1. The Labute approximate surface area is 192 Å². The van der Waals surface area contributed by atoms with Crippen molar-refractivity contribution in [2.45, 2.75) is 26.1 Å². The predicted octanol–water partition coefficient (Wildman–Crippen LogP) is 3.84. The first-order valence-corrected chi connectivity index (χ1v) is 11.3. The normalized spacial score (nSPS) is 16.6. The van der Waals surface area contributed by atoms with E-state index in [9.17, 15) is 18.0 Å². The van der Waals surface area contributed by atoms with Gasteiger partial charge in [-0.15, -0.1) is 11.3 Å². The number of piperazine rings is 1. The van der Waals surface area contributed by atoms with E-state index < -0.39 is 11.7 Å². The van der Waals surface area contributed by atoms with Crippen molar-refractivity contribution in [1.82, 2.24) is 24.9 Å². The van der Waals surface area contributed by atoms with E-state index >= 15 is 0 Å². The van der Waals surface area contributed by atoms with Crippen LogP contribution in [0.25, 0.3) is 11.4 Å². The van der Waals surface area contributed by atoms with Gasteiger partial charge in [-0.1, -0.05) is 17.3 Å². The van der Waals surface area contributed by atoms with Crippen LogP contribution < -0.4 is 5.32 Å². The van der Waals surface area contributed by atoms with Gasteiger partial charge in [0.15, 0.2) is 5.13 Å². The smallest absolute Gasteiger partial charge is 0.337 e. The molecule has 1 aliphatic heterocycles. The van der Waals surface area contributed by atoms with Crippen LogP contribution in [-0.2, 0) is 11.0 Å². The van der Waals surface area contributed by atoms with Crippen LogP contribution in [0.5, 0.6) is 0 Å². The van der Waals surface area contributed by atoms with Gasteiger partial charge in [-0.25, -0.2) is 4.98 Å². The highest BCUT2D eigenvalue weighted by atomic mass is 32.1. The average molecular weight is 481 g/mol. The number of hydrogen-bond donors (Lipinski definition) is 1. The van der Waals surface area contributed by atoms with Crippen molar-refractivity contribution in [2.75, 3.05) is 38.0 Å². The zero-order chi connectivity index (χ0) is 23.6. The summed E-state index contributed by atoms with van der Waals surface area (Å²) in [5.74, 6) is 0.358. The largest absolute Gasteiger partial charge is 0.416 e. The highest BCUT2D eigenvalue weighted by Gasteiger charge is 2.31. The summed E-state index contributed by atoms with van der Waals surface area (Å²) in [6.07, 6.45) is -4.44. The van der Waals surface area contributed by atoms with Crippen molar-refractivity contribution in [2.24, 2.45) is 0 Å². The number of amides is 1. The van der Waals surface area contributed by atoms with Crippen molar-refractivity contribution in [3.05, 3.63) is 46.8 Å². The Kier molecular flexibility index (Phi) is 6.77. The van der Waals surface area contributed by atoms with Gasteiger partial charge < -0.3 is 9.84 Å². The van der Waals surface area contributed by atoms with Crippen LogP contribution in [0, 0.1) is 6.92 Å². The fraction of sp³-hybridized carbons (Fsp3) is 0.429. The van der Waals surface area contributed by atoms with E-state index in [0.29, 0.717) is 37.2 Å². The molecule has 1 atom stereocenters. The fourth-order valence-electron chi connectivity index (χ4n) is 3.59. The summed E-state index contributed by atoms with van der Waals surface area (Å²) in [6.45, 7) is 6.81. The topological polar surface area (TPSA) is 87.4 Å². The maximum absolute atomic E-state index is 13.0. The molecule has 1 fully saturated rings. The average Bonchev–Trinajstić information content (AvgIpc) is 3.42. The molecule has 0 aliphatic carbocycles. The van der Waals surface area contributed by atoms with Gasteiger partial charge in [0.25, 0.3) is 0 Å². The number of aromatic nitrogens is 3. The summed E-state index contributed by atoms with van der Waals surface area (Å²) in [5.41, 5.74) is 0.359. The van der Waals surface area contributed by atoms with Gasteiger partial charge >= 0.3 is 6.18 Å². The van der Waals surface area contributed by atoms with E-state index in [-0.39, 0.29) is 29.9 Å². The zero-order valence-electron chi connectivity index (χ0n) is 18.1. The minimum Gasteiger partial charge on any atom is -0.337 e. The molecule has 33 heavy (non-hydrogen) atoms. The van der Waals surface area contributed by atoms with Gasteiger partial charge in [0.2, 0.25) is 17.6 Å². The van der Waals surface area contributed by atoms with Crippen LogP contribution >= 0.6 is 11.3 Å². The number of thiazole rings is 1. The van der Waals surface area contributed by atoms with Gasteiger partial charge in [-0.3, -0.25) is 14.6 Å². The molecule has 1 aliphatic rings. The fourth-order valence-corrected chi connectivity index (χ4v) is 4.30. The Balaban J connectivity index is 1.32. The number of rotatable bonds is 6. The molecule has 2 aromatic heterocycles. The predicted molar refractivity (Wildman–Crippen MR) is 117 cm³/mol. The van der Waals surface area contributed by atoms with Crippen molar-refractivity contribution in [1.29, 1.82) is 0 Å². The van der Waals surface area contributed by atoms with Gasteiger partial charge in [0.05, 0.1) is 23.8 Å². The van der Waals surface area contributed by atoms with Crippen LogP contribution in [0.3, 0.4) is 0 Å². The molecule has 176 valence electrons. The number of carbonyl (C=O) groups excluding carboxylic acids is 1. The number of carbonyl (C=O) groups is 1. The number of aryl methyl sites for hydroxylation is 1. The first-order chi connectivity index (χ1) is 15.7. The monoisotopic (exact) mass is 480 g/mol. The van der Waals surface area contributed by atoms with Crippen LogP contribution in [0.15, 0.2) is 34.2 Å². The lowest BCUT2D eigenvalue weighted by molar-refractivity contribution is -0.137. The van der Waals surface area contributed by atoms with E-state index in [1.165, 1.54) is 23.5 Å². The first-order valence-electron chi connectivity index (χ1n) is 10.4. The second-order valence-electron chi connectivity index (χ2n) is 7.87. The van der Waals surface area contributed by atoms with Gasteiger partial charge in [-0.2, -0.15) is 18.2 Å². The summed E-state index contributed by atoms with van der Waals surface area (Å²) in [4.78, 5) is 25.0. The number of nitrogens with one attached hydrogen (secondary N) is 1. The molecule has 0 radical (unpaired) electrons. The molecule has 0 bridgehead atoms. The van der Waals surface area contributed by atoms with E-state index in [1.54, 1.807) is 0 Å². The van der Waals surface area contributed by atoms with E-state index in [0.717, 1.165) is 17.8 Å². The molecule has 1 unspecified atom stereocenters. The molecule has 3 aromatic rings. The molecule has 1 aromatic carbocycles. The zero-order valence-corrected chi connectivity index (χ0v) is 18.9. The van der Waals surface area contributed by atoms with Crippen molar-refractivity contribution >= 4 is 22.4 Å². The molecule has 3 heterocycles. The van der Waals surface area contributed by atoms with E-state index in [4.69, 9.17) is 4.52 Å². The summed E-state index contributed by atoms with van der Waals surface area (Å²) in [6, 6.07) is 4.65. The quantitative estimate of drug-likeness (QED) is 0.574. The second-order valence-corrected chi connectivity index (χ2v) is 8.72. The van der Waals surface area contributed by atoms with E-state index in [1.807, 2.05) is 19.2 Å².